The van der Waals surface area contributed by atoms with Gasteiger partial charge in [0.05, 0.1) is 5.56 Å². The van der Waals surface area contributed by atoms with Crippen LogP contribution in [-0.4, -0.2) is 39.1 Å². The van der Waals surface area contributed by atoms with E-state index in [0.717, 1.165) is 55.3 Å². The molecule has 1 aliphatic heterocycles. The molecular formula is C23H21F3N4O2. The fourth-order valence-electron chi connectivity index (χ4n) is 3.88. The van der Waals surface area contributed by atoms with Gasteiger partial charge in [-0.25, -0.2) is 14.8 Å². The van der Waals surface area contributed by atoms with Crippen molar-refractivity contribution in [1.82, 2.24) is 15.0 Å². The quantitative estimate of drug-likeness (QED) is 0.616. The van der Waals surface area contributed by atoms with Gasteiger partial charge in [-0.3, -0.25) is 4.98 Å². The zero-order valence-electron chi connectivity index (χ0n) is 17.3. The van der Waals surface area contributed by atoms with Crippen molar-refractivity contribution in [2.45, 2.75) is 31.9 Å². The summed E-state index contributed by atoms with van der Waals surface area (Å²) < 4.78 is 38.3. The van der Waals surface area contributed by atoms with E-state index < -0.39 is 17.8 Å². The maximum atomic E-state index is 12.8. The topological polar surface area (TPSA) is 79.2 Å². The number of aromatic nitrogens is 3. The lowest BCUT2D eigenvalue weighted by molar-refractivity contribution is -0.141. The molecule has 0 radical (unpaired) electrons. The van der Waals surface area contributed by atoms with E-state index in [1.165, 1.54) is 6.07 Å². The normalized spacial score (nSPS) is 15.1. The molecule has 0 aliphatic carbocycles. The van der Waals surface area contributed by atoms with Gasteiger partial charge in [0.25, 0.3) is 0 Å². The molecule has 0 unspecified atom stereocenters. The summed E-state index contributed by atoms with van der Waals surface area (Å²) in [6, 6.07) is 11.1. The number of rotatable bonds is 4. The summed E-state index contributed by atoms with van der Waals surface area (Å²) in [6.45, 7) is 3.34. The number of aryl methyl sites for hydroxylation is 1. The van der Waals surface area contributed by atoms with Crippen LogP contribution in [0, 0.1) is 6.92 Å². The average Bonchev–Trinajstić information content (AvgIpc) is 2.78. The zero-order valence-corrected chi connectivity index (χ0v) is 17.3. The first-order valence-electron chi connectivity index (χ1n) is 10.2. The number of alkyl halides is 3. The maximum absolute atomic E-state index is 12.8. The summed E-state index contributed by atoms with van der Waals surface area (Å²) in [6.07, 6.45) is -1.58. The SMILES string of the molecule is Cc1cc(N2CCC(c3ccc(C(=O)O)cc3)CC2)nc(-c2ccc(C(F)(F)F)nc2)n1. The van der Waals surface area contributed by atoms with Gasteiger partial charge in [0.2, 0.25) is 0 Å². The molecular weight excluding hydrogens is 421 g/mol. The number of piperidine rings is 1. The van der Waals surface area contributed by atoms with Crippen LogP contribution in [0.4, 0.5) is 19.0 Å². The summed E-state index contributed by atoms with van der Waals surface area (Å²) >= 11 is 0. The second-order valence-electron chi connectivity index (χ2n) is 7.81. The fraction of sp³-hybridized carbons (Fsp3) is 0.304. The predicted molar refractivity (Wildman–Crippen MR) is 113 cm³/mol. The van der Waals surface area contributed by atoms with E-state index in [1.54, 1.807) is 12.1 Å². The second kappa shape index (κ2) is 8.57. The van der Waals surface area contributed by atoms with Crippen LogP contribution in [0.3, 0.4) is 0 Å². The van der Waals surface area contributed by atoms with E-state index in [1.807, 2.05) is 25.1 Å². The molecule has 4 rings (SSSR count). The Balaban J connectivity index is 1.48. The molecule has 1 fully saturated rings. The Morgan fingerprint density at radius 3 is 2.31 bits per heavy atom. The zero-order chi connectivity index (χ0) is 22.9. The molecule has 1 saturated heterocycles. The van der Waals surface area contributed by atoms with Crippen LogP contribution >= 0.6 is 0 Å². The molecule has 1 aliphatic rings. The van der Waals surface area contributed by atoms with Crippen molar-refractivity contribution in [2.24, 2.45) is 0 Å². The summed E-state index contributed by atoms with van der Waals surface area (Å²) in [5, 5.41) is 9.05. The highest BCUT2D eigenvalue weighted by Gasteiger charge is 2.32. The van der Waals surface area contributed by atoms with Gasteiger partial charge in [-0.15, -0.1) is 0 Å². The number of aromatic carboxylic acids is 1. The van der Waals surface area contributed by atoms with Gasteiger partial charge in [0, 0.05) is 36.6 Å². The van der Waals surface area contributed by atoms with E-state index in [-0.39, 0.29) is 5.56 Å². The molecule has 166 valence electrons. The molecule has 3 heterocycles. The van der Waals surface area contributed by atoms with Gasteiger partial charge in [0.1, 0.15) is 11.5 Å². The lowest BCUT2D eigenvalue weighted by Gasteiger charge is -2.33. The van der Waals surface area contributed by atoms with Crippen molar-refractivity contribution in [3.05, 3.63) is 71.2 Å². The van der Waals surface area contributed by atoms with Crippen LogP contribution in [0.1, 0.15) is 46.1 Å². The predicted octanol–water partition coefficient (Wildman–Crippen LogP) is 4.95. The number of carboxylic acid groups (broad SMARTS) is 1. The Morgan fingerprint density at radius 1 is 1.06 bits per heavy atom. The molecule has 1 aromatic carbocycles. The van der Waals surface area contributed by atoms with Crippen molar-refractivity contribution in [3.63, 3.8) is 0 Å². The first kappa shape index (κ1) is 21.7. The Kier molecular flexibility index (Phi) is 5.82. The van der Waals surface area contributed by atoms with E-state index in [9.17, 15) is 18.0 Å². The molecule has 1 N–H and O–H groups in total. The molecule has 32 heavy (non-hydrogen) atoms. The molecule has 3 aromatic rings. The van der Waals surface area contributed by atoms with Crippen LogP contribution in [0.15, 0.2) is 48.7 Å². The Labute approximate surface area is 182 Å². The number of benzene rings is 1. The molecule has 9 heteroatoms. The summed E-state index contributed by atoms with van der Waals surface area (Å²) in [4.78, 5) is 25.6. The van der Waals surface area contributed by atoms with Crippen LogP contribution in [-0.2, 0) is 6.18 Å². The fourth-order valence-corrected chi connectivity index (χ4v) is 3.88. The largest absolute Gasteiger partial charge is 0.478 e. The summed E-state index contributed by atoms with van der Waals surface area (Å²) in [5.74, 6) is 0.458. The minimum Gasteiger partial charge on any atom is -0.478 e. The van der Waals surface area contributed by atoms with Gasteiger partial charge in [-0.2, -0.15) is 13.2 Å². The lowest BCUT2D eigenvalue weighted by atomic mass is 9.89. The van der Waals surface area contributed by atoms with E-state index in [0.29, 0.717) is 17.3 Å². The number of hydrogen-bond acceptors (Lipinski definition) is 5. The van der Waals surface area contributed by atoms with Gasteiger partial charge < -0.3 is 10.0 Å². The van der Waals surface area contributed by atoms with Crippen molar-refractivity contribution < 1.29 is 23.1 Å². The molecule has 0 bridgehead atoms. The number of carboxylic acids is 1. The first-order chi connectivity index (χ1) is 15.2. The third kappa shape index (κ3) is 4.71. The number of pyridine rings is 1. The maximum Gasteiger partial charge on any atom is 0.433 e. The lowest BCUT2D eigenvalue weighted by Crippen LogP contribution is -2.33. The van der Waals surface area contributed by atoms with Crippen molar-refractivity contribution in [1.29, 1.82) is 0 Å². The van der Waals surface area contributed by atoms with E-state index in [4.69, 9.17) is 5.11 Å². The molecule has 0 amide bonds. The standard InChI is InChI=1S/C23H21F3N4O2/c1-14-12-20(29-21(28-14)18-6-7-19(27-13-18)23(24,25)26)30-10-8-16(9-11-30)15-2-4-17(5-3-15)22(31)32/h2-7,12-13,16H,8-11H2,1H3,(H,31,32). The monoisotopic (exact) mass is 442 g/mol. The van der Waals surface area contributed by atoms with Gasteiger partial charge >= 0.3 is 12.1 Å². The minimum atomic E-state index is -4.49. The van der Waals surface area contributed by atoms with Crippen molar-refractivity contribution in [3.8, 4) is 11.4 Å². The van der Waals surface area contributed by atoms with Crippen LogP contribution in [0.5, 0.6) is 0 Å². The molecule has 0 saturated carbocycles. The first-order valence-corrected chi connectivity index (χ1v) is 10.2. The molecule has 0 atom stereocenters. The minimum absolute atomic E-state index is 0.271. The molecule has 6 nitrogen and oxygen atoms in total. The number of hydrogen-bond donors (Lipinski definition) is 1. The number of anilines is 1. The third-order valence-corrected chi connectivity index (χ3v) is 5.60. The smallest absolute Gasteiger partial charge is 0.433 e. The van der Waals surface area contributed by atoms with E-state index in [2.05, 4.69) is 19.9 Å². The highest BCUT2D eigenvalue weighted by atomic mass is 19.4. The third-order valence-electron chi connectivity index (χ3n) is 5.60. The van der Waals surface area contributed by atoms with Gasteiger partial charge in [-0.1, -0.05) is 12.1 Å². The van der Waals surface area contributed by atoms with Crippen LogP contribution < -0.4 is 4.90 Å². The summed E-state index contributed by atoms with van der Waals surface area (Å²) in [5.41, 5.74) is 1.58. The number of halogens is 3. The average molecular weight is 442 g/mol. The Hall–Kier alpha value is -3.49. The van der Waals surface area contributed by atoms with Crippen LogP contribution in [0.25, 0.3) is 11.4 Å². The highest BCUT2D eigenvalue weighted by molar-refractivity contribution is 5.87. The highest BCUT2D eigenvalue weighted by Crippen LogP contribution is 2.32. The number of carbonyl (C=O) groups is 1. The van der Waals surface area contributed by atoms with Crippen molar-refractivity contribution >= 4 is 11.8 Å². The van der Waals surface area contributed by atoms with Gasteiger partial charge in [0.15, 0.2) is 5.82 Å². The summed E-state index contributed by atoms with van der Waals surface area (Å²) in [7, 11) is 0. The number of nitrogens with zero attached hydrogens (tertiary/aromatic N) is 4. The van der Waals surface area contributed by atoms with Gasteiger partial charge in [-0.05, 0) is 55.5 Å². The Morgan fingerprint density at radius 2 is 1.75 bits per heavy atom. The van der Waals surface area contributed by atoms with Crippen molar-refractivity contribution in [2.75, 3.05) is 18.0 Å². The molecule has 0 spiro atoms. The Bertz CT molecular complexity index is 1110. The van der Waals surface area contributed by atoms with E-state index >= 15 is 0 Å². The second-order valence-corrected chi connectivity index (χ2v) is 7.81. The molecule has 2 aromatic heterocycles. The van der Waals surface area contributed by atoms with Crippen LogP contribution in [0.2, 0.25) is 0 Å².